The first-order valence-electron chi connectivity index (χ1n) is 4.43. The predicted molar refractivity (Wildman–Crippen MR) is 53.8 cm³/mol. The van der Waals surface area contributed by atoms with Gasteiger partial charge in [0, 0.05) is 13.1 Å². The highest BCUT2D eigenvalue weighted by Gasteiger charge is 1.93. The van der Waals surface area contributed by atoms with Crippen molar-refractivity contribution in [3.05, 3.63) is 29.8 Å². The zero-order valence-corrected chi connectivity index (χ0v) is 7.92. The first kappa shape index (κ1) is 10.0. The normalized spacial score (nSPS) is 10.0. The molecule has 13 heavy (non-hydrogen) atoms. The van der Waals surface area contributed by atoms with Crippen LogP contribution in [0.5, 0.6) is 5.75 Å². The Bertz CT molecular complexity index is 233. The third-order valence-corrected chi connectivity index (χ3v) is 1.69. The summed E-state index contributed by atoms with van der Waals surface area (Å²) in [5, 5.41) is 3.09. The first-order chi connectivity index (χ1) is 6.36. The standard InChI is InChI=1S/C10H16N2O/c1-12-8-9-2-4-10(5-3-9)13-7-6-11/h2-5,12H,6-8,11H2,1H3. The van der Waals surface area contributed by atoms with Crippen LogP contribution >= 0.6 is 0 Å². The van der Waals surface area contributed by atoms with Gasteiger partial charge in [0.2, 0.25) is 0 Å². The average molecular weight is 180 g/mol. The summed E-state index contributed by atoms with van der Waals surface area (Å²) in [6.07, 6.45) is 0. The minimum atomic E-state index is 0.554. The van der Waals surface area contributed by atoms with Crippen molar-refractivity contribution in [1.29, 1.82) is 0 Å². The Morgan fingerprint density at radius 1 is 1.31 bits per heavy atom. The Kier molecular flexibility index (Phi) is 4.29. The van der Waals surface area contributed by atoms with Crippen LogP contribution in [0, 0.1) is 0 Å². The van der Waals surface area contributed by atoms with Crippen LogP contribution in [0.1, 0.15) is 5.56 Å². The van der Waals surface area contributed by atoms with Crippen molar-refractivity contribution < 1.29 is 4.74 Å². The van der Waals surface area contributed by atoms with Crippen LogP contribution in [0.4, 0.5) is 0 Å². The average Bonchev–Trinajstić information content (AvgIpc) is 2.17. The number of hydrogen-bond acceptors (Lipinski definition) is 3. The van der Waals surface area contributed by atoms with Gasteiger partial charge in [-0.2, -0.15) is 0 Å². The molecule has 3 heteroatoms. The maximum absolute atomic E-state index is 5.34. The number of ether oxygens (including phenoxy) is 1. The van der Waals surface area contributed by atoms with Gasteiger partial charge in [0.05, 0.1) is 0 Å². The number of rotatable bonds is 5. The van der Waals surface area contributed by atoms with E-state index in [1.807, 2.05) is 31.3 Å². The molecule has 0 radical (unpaired) electrons. The highest BCUT2D eigenvalue weighted by molar-refractivity contribution is 5.27. The quantitative estimate of drug-likeness (QED) is 0.702. The van der Waals surface area contributed by atoms with Crippen LogP contribution in [-0.2, 0) is 6.54 Å². The van der Waals surface area contributed by atoms with Gasteiger partial charge in [-0.25, -0.2) is 0 Å². The van der Waals surface area contributed by atoms with Crippen LogP contribution in [0.15, 0.2) is 24.3 Å². The van der Waals surface area contributed by atoms with Crippen LogP contribution < -0.4 is 15.8 Å². The van der Waals surface area contributed by atoms with E-state index in [1.54, 1.807) is 0 Å². The van der Waals surface area contributed by atoms with Crippen molar-refractivity contribution in [2.24, 2.45) is 5.73 Å². The second kappa shape index (κ2) is 5.56. The topological polar surface area (TPSA) is 47.3 Å². The lowest BCUT2D eigenvalue weighted by Crippen LogP contribution is -2.10. The summed E-state index contributed by atoms with van der Waals surface area (Å²) in [7, 11) is 1.93. The van der Waals surface area contributed by atoms with E-state index in [4.69, 9.17) is 10.5 Å². The molecule has 0 aliphatic carbocycles. The van der Waals surface area contributed by atoms with Gasteiger partial charge in [0.15, 0.2) is 0 Å². The van der Waals surface area contributed by atoms with Crippen molar-refractivity contribution in [1.82, 2.24) is 5.32 Å². The summed E-state index contributed by atoms with van der Waals surface area (Å²) in [5.74, 6) is 0.880. The molecule has 0 amide bonds. The Hall–Kier alpha value is -1.06. The molecule has 3 nitrogen and oxygen atoms in total. The summed E-state index contributed by atoms with van der Waals surface area (Å²) in [4.78, 5) is 0. The van der Waals surface area contributed by atoms with E-state index in [0.29, 0.717) is 13.2 Å². The van der Waals surface area contributed by atoms with E-state index < -0.39 is 0 Å². The molecule has 3 N–H and O–H groups in total. The molecule has 0 aromatic heterocycles. The van der Waals surface area contributed by atoms with Crippen molar-refractivity contribution >= 4 is 0 Å². The van der Waals surface area contributed by atoms with E-state index in [-0.39, 0.29) is 0 Å². The Morgan fingerprint density at radius 3 is 2.54 bits per heavy atom. The molecule has 0 aliphatic rings. The smallest absolute Gasteiger partial charge is 0.119 e. The fourth-order valence-electron chi connectivity index (χ4n) is 1.08. The molecule has 0 unspecified atom stereocenters. The molecule has 0 aliphatic heterocycles. The highest BCUT2D eigenvalue weighted by atomic mass is 16.5. The molecule has 1 aromatic rings. The minimum absolute atomic E-state index is 0.554. The molecule has 0 atom stereocenters. The molecule has 0 bridgehead atoms. The van der Waals surface area contributed by atoms with Gasteiger partial charge in [0.1, 0.15) is 12.4 Å². The first-order valence-corrected chi connectivity index (χ1v) is 4.43. The number of nitrogens with one attached hydrogen (secondary N) is 1. The highest BCUT2D eigenvalue weighted by Crippen LogP contribution is 2.11. The Morgan fingerprint density at radius 2 is 2.00 bits per heavy atom. The van der Waals surface area contributed by atoms with Crippen molar-refractivity contribution in [3.8, 4) is 5.75 Å². The van der Waals surface area contributed by atoms with Gasteiger partial charge in [-0.1, -0.05) is 12.1 Å². The van der Waals surface area contributed by atoms with Gasteiger partial charge < -0.3 is 15.8 Å². The molecule has 0 saturated carbocycles. The summed E-state index contributed by atoms with van der Waals surface area (Å²) in [6, 6.07) is 8.01. The van der Waals surface area contributed by atoms with Gasteiger partial charge >= 0.3 is 0 Å². The summed E-state index contributed by atoms with van der Waals surface area (Å²) in [5.41, 5.74) is 6.57. The maximum atomic E-state index is 5.34. The summed E-state index contributed by atoms with van der Waals surface area (Å²) >= 11 is 0. The monoisotopic (exact) mass is 180 g/mol. The second-order valence-electron chi connectivity index (χ2n) is 2.81. The summed E-state index contributed by atoms with van der Waals surface area (Å²) < 4.78 is 5.34. The molecule has 0 saturated heterocycles. The molecule has 0 heterocycles. The van der Waals surface area contributed by atoms with Crippen LogP contribution in [0.25, 0.3) is 0 Å². The van der Waals surface area contributed by atoms with E-state index >= 15 is 0 Å². The zero-order valence-electron chi connectivity index (χ0n) is 7.92. The molecule has 1 aromatic carbocycles. The van der Waals surface area contributed by atoms with E-state index in [9.17, 15) is 0 Å². The molecular formula is C10H16N2O. The van der Waals surface area contributed by atoms with Crippen molar-refractivity contribution in [2.75, 3.05) is 20.2 Å². The third-order valence-electron chi connectivity index (χ3n) is 1.69. The van der Waals surface area contributed by atoms with Crippen LogP contribution in [0.3, 0.4) is 0 Å². The Balaban J connectivity index is 2.48. The van der Waals surface area contributed by atoms with Crippen LogP contribution in [-0.4, -0.2) is 20.2 Å². The Labute approximate surface area is 78.9 Å². The number of nitrogens with two attached hydrogens (primary N) is 1. The second-order valence-corrected chi connectivity index (χ2v) is 2.81. The number of hydrogen-bond donors (Lipinski definition) is 2. The predicted octanol–water partition coefficient (Wildman–Crippen LogP) is 0.743. The maximum Gasteiger partial charge on any atom is 0.119 e. The largest absolute Gasteiger partial charge is 0.492 e. The van der Waals surface area contributed by atoms with Crippen molar-refractivity contribution in [2.45, 2.75) is 6.54 Å². The van der Waals surface area contributed by atoms with Crippen LogP contribution in [0.2, 0.25) is 0 Å². The summed E-state index contributed by atoms with van der Waals surface area (Å²) in [6.45, 7) is 2.01. The fourth-order valence-corrected chi connectivity index (χ4v) is 1.08. The van der Waals surface area contributed by atoms with E-state index in [2.05, 4.69) is 5.32 Å². The van der Waals surface area contributed by atoms with Crippen molar-refractivity contribution in [3.63, 3.8) is 0 Å². The minimum Gasteiger partial charge on any atom is -0.492 e. The molecule has 1 rings (SSSR count). The SMILES string of the molecule is CNCc1ccc(OCCN)cc1. The zero-order chi connectivity index (χ0) is 9.52. The molecule has 0 fully saturated rings. The third kappa shape index (κ3) is 3.44. The van der Waals surface area contributed by atoms with E-state index in [1.165, 1.54) is 5.56 Å². The van der Waals surface area contributed by atoms with Gasteiger partial charge in [-0.15, -0.1) is 0 Å². The lowest BCUT2D eigenvalue weighted by molar-refractivity contribution is 0.328. The molecule has 0 spiro atoms. The fraction of sp³-hybridized carbons (Fsp3) is 0.400. The van der Waals surface area contributed by atoms with Gasteiger partial charge in [-0.05, 0) is 24.7 Å². The van der Waals surface area contributed by atoms with Gasteiger partial charge in [-0.3, -0.25) is 0 Å². The molecule has 72 valence electrons. The van der Waals surface area contributed by atoms with Gasteiger partial charge in [0.25, 0.3) is 0 Å². The molecular weight excluding hydrogens is 164 g/mol. The number of benzene rings is 1. The van der Waals surface area contributed by atoms with E-state index in [0.717, 1.165) is 12.3 Å². The lowest BCUT2D eigenvalue weighted by Gasteiger charge is -2.05. The lowest BCUT2D eigenvalue weighted by atomic mass is 10.2.